The number of hydrogen-bond donors (Lipinski definition) is 1. The highest BCUT2D eigenvalue weighted by Crippen LogP contribution is 2.21. The second-order valence-electron chi connectivity index (χ2n) is 4.21. The Morgan fingerprint density at radius 2 is 2.08 bits per heavy atom. The summed E-state index contributed by atoms with van der Waals surface area (Å²) in [6.45, 7) is 8.95. The Kier molecular flexibility index (Phi) is 4.46. The number of rotatable bonds is 3. The minimum atomic E-state index is 0.666. The molecule has 1 fully saturated rings. The number of piperidine rings is 1. The fraction of sp³-hybridized carbons (Fsp3) is 0.818. The molecule has 1 aliphatic rings. The van der Waals surface area contributed by atoms with Crippen LogP contribution in [-0.4, -0.2) is 31.1 Å². The van der Waals surface area contributed by atoms with Crippen molar-refractivity contribution in [3.63, 3.8) is 0 Å². The summed E-state index contributed by atoms with van der Waals surface area (Å²) in [5.41, 5.74) is 5.39. The highest BCUT2D eigenvalue weighted by molar-refractivity contribution is 4.87. The summed E-state index contributed by atoms with van der Waals surface area (Å²) >= 11 is 0. The van der Waals surface area contributed by atoms with Crippen LogP contribution in [-0.2, 0) is 0 Å². The van der Waals surface area contributed by atoms with E-state index in [1.807, 2.05) is 6.08 Å². The quantitative estimate of drug-likeness (QED) is 0.670. The summed E-state index contributed by atoms with van der Waals surface area (Å²) in [6, 6.07) is 0. The molecule has 2 atom stereocenters. The molecule has 0 radical (unpaired) electrons. The first-order valence-electron chi connectivity index (χ1n) is 5.31. The summed E-state index contributed by atoms with van der Waals surface area (Å²) in [5, 5.41) is 0. The van der Waals surface area contributed by atoms with Gasteiger partial charge >= 0.3 is 0 Å². The maximum absolute atomic E-state index is 5.39. The van der Waals surface area contributed by atoms with E-state index < -0.39 is 0 Å². The zero-order chi connectivity index (χ0) is 9.68. The minimum Gasteiger partial charge on any atom is -0.327 e. The van der Waals surface area contributed by atoms with Crippen LogP contribution in [0.25, 0.3) is 0 Å². The molecule has 1 aliphatic heterocycles. The largest absolute Gasteiger partial charge is 0.327 e. The third-order valence-corrected chi connectivity index (χ3v) is 3.08. The van der Waals surface area contributed by atoms with Crippen molar-refractivity contribution in [2.45, 2.75) is 20.3 Å². The monoisotopic (exact) mass is 182 g/mol. The maximum atomic E-state index is 5.39. The van der Waals surface area contributed by atoms with E-state index in [9.17, 15) is 0 Å². The lowest BCUT2D eigenvalue weighted by molar-refractivity contribution is 0.151. The minimum absolute atomic E-state index is 0.666. The third kappa shape index (κ3) is 3.49. The molecule has 2 unspecified atom stereocenters. The molecule has 0 aromatic rings. The maximum Gasteiger partial charge on any atom is 0.0163 e. The first-order chi connectivity index (χ1) is 6.24. The molecule has 0 saturated carbocycles. The van der Waals surface area contributed by atoms with Crippen molar-refractivity contribution in [2.24, 2.45) is 17.6 Å². The molecule has 2 heteroatoms. The van der Waals surface area contributed by atoms with E-state index in [-0.39, 0.29) is 0 Å². The Labute approximate surface area is 81.8 Å². The van der Waals surface area contributed by atoms with Crippen LogP contribution in [0.5, 0.6) is 0 Å². The van der Waals surface area contributed by atoms with E-state index >= 15 is 0 Å². The number of likely N-dealkylation sites (tertiary alicyclic amines) is 1. The van der Waals surface area contributed by atoms with Crippen LogP contribution in [0, 0.1) is 11.8 Å². The lowest BCUT2D eigenvalue weighted by Crippen LogP contribution is -2.38. The van der Waals surface area contributed by atoms with Gasteiger partial charge in [-0.05, 0) is 24.8 Å². The Balaban J connectivity index is 2.25. The molecule has 0 spiro atoms. The first-order valence-corrected chi connectivity index (χ1v) is 5.31. The van der Waals surface area contributed by atoms with Crippen LogP contribution < -0.4 is 5.73 Å². The Bertz CT molecular complexity index is 165. The van der Waals surface area contributed by atoms with Crippen molar-refractivity contribution in [1.29, 1.82) is 0 Å². The van der Waals surface area contributed by atoms with Crippen molar-refractivity contribution >= 4 is 0 Å². The van der Waals surface area contributed by atoms with Gasteiger partial charge in [-0.25, -0.2) is 0 Å². The van der Waals surface area contributed by atoms with Gasteiger partial charge in [-0.1, -0.05) is 26.0 Å². The predicted molar refractivity (Wildman–Crippen MR) is 57.6 cm³/mol. The number of nitrogens with two attached hydrogens (primary N) is 1. The summed E-state index contributed by atoms with van der Waals surface area (Å²) in [4.78, 5) is 2.51. The van der Waals surface area contributed by atoms with Gasteiger partial charge in [0.15, 0.2) is 0 Å². The van der Waals surface area contributed by atoms with Crippen LogP contribution in [0.15, 0.2) is 12.2 Å². The second-order valence-corrected chi connectivity index (χ2v) is 4.21. The van der Waals surface area contributed by atoms with Gasteiger partial charge in [0.05, 0.1) is 0 Å². The van der Waals surface area contributed by atoms with Crippen molar-refractivity contribution in [3.05, 3.63) is 12.2 Å². The lowest BCUT2D eigenvalue weighted by Gasteiger charge is -2.34. The van der Waals surface area contributed by atoms with Crippen molar-refractivity contribution in [1.82, 2.24) is 4.90 Å². The number of hydrogen-bond acceptors (Lipinski definition) is 2. The zero-order valence-electron chi connectivity index (χ0n) is 8.87. The lowest BCUT2D eigenvalue weighted by atomic mass is 9.89. The van der Waals surface area contributed by atoms with E-state index in [0.717, 1.165) is 18.4 Å². The van der Waals surface area contributed by atoms with E-state index in [0.29, 0.717) is 6.54 Å². The van der Waals surface area contributed by atoms with Crippen LogP contribution in [0.4, 0.5) is 0 Å². The summed E-state index contributed by atoms with van der Waals surface area (Å²) in [6.07, 6.45) is 5.57. The Morgan fingerprint density at radius 3 is 2.69 bits per heavy atom. The fourth-order valence-electron chi connectivity index (χ4n) is 1.83. The fourth-order valence-corrected chi connectivity index (χ4v) is 1.83. The van der Waals surface area contributed by atoms with E-state index in [1.54, 1.807) is 0 Å². The van der Waals surface area contributed by atoms with Gasteiger partial charge in [0.25, 0.3) is 0 Å². The molecule has 13 heavy (non-hydrogen) atoms. The molecular weight excluding hydrogens is 160 g/mol. The molecule has 2 nitrogen and oxygen atoms in total. The molecule has 2 N–H and O–H groups in total. The Morgan fingerprint density at radius 1 is 1.31 bits per heavy atom. The van der Waals surface area contributed by atoms with Gasteiger partial charge in [0.1, 0.15) is 0 Å². The molecule has 0 aromatic heterocycles. The van der Waals surface area contributed by atoms with E-state index in [1.165, 1.54) is 19.5 Å². The van der Waals surface area contributed by atoms with E-state index in [4.69, 9.17) is 5.73 Å². The highest BCUT2D eigenvalue weighted by atomic mass is 15.1. The van der Waals surface area contributed by atoms with Crippen LogP contribution in [0.1, 0.15) is 20.3 Å². The molecule has 1 rings (SSSR count). The molecule has 0 bridgehead atoms. The van der Waals surface area contributed by atoms with Crippen molar-refractivity contribution in [2.75, 3.05) is 26.2 Å². The summed E-state index contributed by atoms with van der Waals surface area (Å²) < 4.78 is 0. The zero-order valence-corrected chi connectivity index (χ0v) is 8.87. The van der Waals surface area contributed by atoms with Gasteiger partial charge in [0, 0.05) is 19.6 Å². The van der Waals surface area contributed by atoms with Crippen molar-refractivity contribution < 1.29 is 0 Å². The smallest absolute Gasteiger partial charge is 0.0163 e. The van der Waals surface area contributed by atoms with Crippen molar-refractivity contribution in [3.8, 4) is 0 Å². The van der Waals surface area contributed by atoms with Crippen LogP contribution in [0.2, 0.25) is 0 Å². The highest BCUT2D eigenvalue weighted by Gasteiger charge is 2.21. The SMILES string of the molecule is CC1CCN(C/C=C/CN)CC1C. The first kappa shape index (κ1) is 10.7. The molecular formula is C11H22N2. The van der Waals surface area contributed by atoms with E-state index in [2.05, 4.69) is 24.8 Å². The van der Waals surface area contributed by atoms with Gasteiger partial charge in [0.2, 0.25) is 0 Å². The van der Waals surface area contributed by atoms with Gasteiger partial charge < -0.3 is 5.73 Å². The van der Waals surface area contributed by atoms with Gasteiger partial charge in [-0.2, -0.15) is 0 Å². The van der Waals surface area contributed by atoms with Crippen LogP contribution >= 0.6 is 0 Å². The number of nitrogens with zero attached hydrogens (tertiary/aromatic N) is 1. The summed E-state index contributed by atoms with van der Waals surface area (Å²) in [7, 11) is 0. The molecule has 0 amide bonds. The topological polar surface area (TPSA) is 29.3 Å². The normalized spacial score (nSPS) is 31.3. The predicted octanol–water partition coefficient (Wildman–Crippen LogP) is 1.48. The standard InChI is InChI=1S/C11H22N2/c1-10-5-8-13(9-11(10)2)7-4-3-6-12/h3-4,10-11H,5-9,12H2,1-2H3/b4-3+. The average molecular weight is 182 g/mol. The molecule has 0 aliphatic carbocycles. The van der Waals surface area contributed by atoms with Gasteiger partial charge in [-0.15, -0.1) is 0 Å². The second kappa shape index (κ2) is 5.40. The third-order valence-electron chi connectivity index (χ3n) is 3.08. The van der Waals surface area contributed by atoms with Gasteiger partial charge in [-0.3, -0.25) is 4.90 Å². The molecule has 0 aromatic carbocycles. The summed E-state index contributed by atoms with van der Waals surface area (Å²) in [5.74, 6) is 1.75. The Hall–Kier alpha value is -0.340. The molecule has 76 valence electrons. The van der Waals surface area contributed by atoms with Crippen LogP contribution in [0.3, 0.4) is 0 Å². The average Bonchev–Trinajstić information content (AvgIpc) is 2.12. The molecule has 1 heterocycles. The molecule has 1 saturated heterocycles.